The van der Waals surface area contributed by atoms with Gasteiger partial charge in [0, 0.05) is 18.2 Å². The van der Waals surface area contributed by atoms with Crippen LogP contribution in [0.4, 0.5) is 5.69 Å². The Labute approximate surface area is 163 Å². The Bertz CT molecular complexity index is 826. The molecule has 2 rings (SSSR count). The molecule has 0 saturated carbocycles. The summed E-state index contributed by atoms with van der Waals surface area (Å²) in [5.74, 6) is 0.0283. The van der Waals surface area contributed by atoms with E-state index in [1.807, 2.05) is 30.3 Å². The molecule has 0 saturated heterocycles. The summed E-state index contributed by atoms with van der Waals surface area (Å²) in [5.41, 5.74) is 7.42. The lowest BCUT2D eigenvalue weighted by Crippen LogP contribution is -2.36. The molecule has 28 heavy (non-hydrogen) atoms. The molecule has 2 aromatic rings. The number of ether oxygens (including phenoxy) is 2. The van der Waals surface area contributed by atoms with Crippen molar-refractivity contribution in [3.63, 3.8) is 0 Å². The van der Waals surface area contributed by atoms with E-state index in [9.17, 15) is 14.9 Å². The van der Waals surface area contributed by atoms with Crippen LogP contribution < -0.4 is 20.5 Å². The monoisotopic (exact) mass is 387 g/mol. The first kappa shape index (κ1) is 21.2. The molecule has 0 aliphatic heterocycles. The first-order valence-corrected chi connectivity index (χ1v) is 8.86. The summed E-state index contributed by atoms with van der Waals surface area (Å²) in [5, 5.41) is 14.1. The van der Waals surface area contributed by atoms with E-state index in [1.165, 1.54) is 20.3 Å². The van der Waals surface area contributed by atoms with Crippen molar-refractivity contribution in [3.05, 3.63) is 63.7 Å². The van der Waals surface area contributed by atoms with Crippen LogP contribution in [0.3, 0.4) is 0 Å². The fourth-order valence-corrected chi connectivity index (χ4v) is 2.89. The highest BCUT2D eigenvalue weighted by molar-refractivity contribution is 5.79. The third kappa shape index (κ3) is 4.98. The number of rotatable bonds is 9. The minimum Gasteiger partial charge on any atom is -0.493 e. The van der Waals surface area contributed by atoms with E-state index in [1.54, 1.807) is 13.0 Å². The molecule has 0 fully saturated rings. The number of carbonyl (C=O) groups is 1. The lowest BCUT2D eigenvalue weighted by atomic mass is 9.94. The second-order valence-electron chi connectivity index (χ2n) is 6.36. The van der Waals surface area contributed by atoms with E-state index >= 15 is 0 Å². The number of hydrogen-bond acceptors (Lipinski definition) is 6. The molecule has 2 atom stereocenters. The summed E-state index contributed by atoms with van der Waals surface area (Å²) in [6.07, 6.45) is 0.274. The largest absolute Gasteiger partial charge is 0.493 e. The molecule has 0 aliphatic rings. The molecule has 0 aromatic heterocycles. The lowest BCUT2D eigenvalue weighted by molar-refractivity contribution is -0.385. The van der Waals surface area contributed by atoms with Crippen LogP contribution in [0.15, 0.2) is 42.5 Å². The third-order valence-corrected chi connectivity index (χ3v) is 4.61. The number of nitrogens with two attached hydrogens (primary N) is 1. The minimum atomic E-state index is -0.479. The molecule has 3 N–H and O–H groups in total. The van der Waals surface area contributed by atoms with Crippen LogP contribution in [0.25, 0.3) is 0 Å². The molecule has 2 aromatic carbocycles. The molecule has 0 spiro atoms. The number of nitro groups is 1. The summed E-state index contributed by atoms with van der Waals surface area (Å²) in [6.45, 7) is 1.99. The summed E-state index contributed by atoms with van der Waals surface area (Å²) in [7, 11) is 2.88. The standard InChI is InChI=1S/C20H25N3O5/c1-13(19(21)14-7-5-4-6-8-14)20(24)22-10-9-15-11-17(27-2)18(28-3)12-16(15)23(25)26/h4-8,11-13,19H,9-10,21H2,1-3H3,(H,22,24). The van der Waals surface area contributed by atoms with Crippen molar-refractivity contribution in [1.82, 2.24) is 5.32 Å². The quantitative estimate of drug-likeness (QED) is 0.505. The molecule has 0 aliphatic carbocycles. The Hall–Kier alpha value is -3.13. The van der Waals surface area contributed by atoms with Gasteiger partial charge in [-0.25, -0.2) is 0 Å². The van der Waals surface area contributed by atoms with Crippen LogP contribution in [0.5, 0.6) is 11.5 Å². The predicted molar refractivity (Wildman–Crippen MR) is 105 cm³/mol. The maximum absolute atomic E-state index is 12.4. The van der Waals surface area contributed by atoms with Gasteiger partial charge in [-0.3, -0.25) is 14.9 Å². The molecule has 8 heteroatoms. The first-order valence-electron chi connectivity index (χ1n) is 8.86. The second kappa shape index (κ2) is 9.70. The number of nitro benzene ring substituents is 1. The lowest BCUT2D eigenvalue weighted by Gasteiger charge is -2.20. The van der Waals surface area contributed by atoms with Gasteiger partial charge in [0.05, 0.1) is 31.1 Å². The molecule has 2 unspecified atom stereocenters. The number of methoxy groups -OCH3 is 2. The maximum Gasteiger partial charge on any atom is 0.276 e. The highest BCUT2D eigenvalue weighted by atomic mass is 16.6. The molecule has 8 nitrogen and oxygen atoms in total. The van der Waals surface area contributed by atoms with Crippen LogP contribution in [-0.4, -0.2) is 31.6 Å². The summed E-state index contributed by atoms with van der Waals surface area (Å²) in [6, 6.07) is 11.8. The van der Waals surface area contributed by atoms with Crippen molar-refractivity contribution in [1.29, 1.82) is 0 Å². The van der Waals surface area contributed by atoms with Gasteiger partial charge in [0.15, 0.2) is 11.5 Å². The number of hydrogen-bond donors (Lipinski definition) is 2. The van der Waals surface area contributed by atoms with E-state index in [0.29, 0.717) is 11.3 Å². The van der Waals surface area contributed by atoms with Gasteiger partial charge in [0.2, 0.25) is 5.91 Å². The summed E-state index contributed by atoms with van der Waals surface area (Å²) in [4.78, 5) is 23.3. The fourth-order valence-electron chi connectivity index (χ4n) is 2.89. The highest BCUT2D eigenvalue weighted by Gasteiger charge is 2.23. The zero-order valence-electron chi connectivity index (χ0n) is 16.2. The van der Waals surface area contributed by atoms with Crippen molar-refractivity contribution in [2.45, 2.75) is 19.4 Å². The van der Waals surface area contributed by atoms with Crippen molar-refractivity contribution < 1.29 is 19.2 Å². The predicted octanol–water partition coefficient (Wildman–Crippen LogP) is 2.61. The van der Waals surface area contributed by atoms with Crippen LogP contribution in [0, 0.1) is 16.0 Å². The number of nitrogens with one attached hydrogen (secondary N) is 1. The van der Waals surface area contributed by atoms with Crippen molar-refractivity contribution in [2.75, 3.05) is 20.8 Å². The number of amides is 1. The van der Waals surface area contributed by atoms with Crippen molar-refractivity contribution >= 4 is 11.6 Å². The molecular weight excluding hydrogens is 362 g/mol. The molecule has 0 bridgehead atoms. The average Bonchev–Trinajstić information content (AvgIpc) is 2.72. The second-order valence-corrected chi connectivity index (χ2v) is 6.36. The molecule has 0 radical (unpaired) electrons. The van der Waals surface area contributed by atoms with Crippen molar-refractivity contribution in [2.24, 2.45) is 11.7 Å². The van der Waals surface area contributed by atoms with Crippen LogP contribution in [-0.2, 0) is 11.2 Å². The summed E-state index contributed by atoms with van der Waals surface area (Å²) < 4.78 is 10.3. The van der Waals surface area contributed by atoms with E-state index in [0.717, 1.165) is 5.56 Å². The van der Waals surface area contributed by atoms with E-state index < -0.39 is 16.9 Å². The Balaban J connectivity index is 2.04. The molecule has 0 heterocycles. The normalized spacial score (nSPS) is 12.7. The highest BCUT2D eigenvalue weighted by Crippen LogP contribution is 2.34. The van der Waals surface area contributed by atoms with Gasteiger partial charge in [-0.1, -0.05) is 37.3 Å². The zero-order chi connectivity index (χ0) is 20.7. The van der Waals surface area contributed by atoms with Gasteiger partial charge in [-0.15, -0.1) is 0 Å². The minimum absolute atomic E-state index is 0.0825. The maximum atomic E-state index is 12.4. The number of carbonyl (C=O) groups excluding carboxylic acids is 1. The Morgan fingerprint density at radius 1 is 1.18 bits per heavy atom. The number of benzene rings is 2. The van der Waals surface area contributed by atoms with Gasteiger partial charge in [0.1, 0.15) is 0 Å². The van der Waals surface area contributed by atoms with Gasteiger partial charge < -0.3 is 20.5 Å². The fraction of sp³-hybridized carbons (Fsp3) is 0.350. The SMILES string of the molecule is COc1cc(CCNC(=O)C(C)C(N)c2ccccc2)c([N+](=O)[O-])cc1OC. The zero-order valence-corrected chi connectivity index (χ0v) is 16.2. The van der Waals surface area contributed by atoms with E-state index in [2.05, 4.69) is 5.32 Å². The third-order valence-electron chi connectivity index (χ3n) is 4.61. The van der Waals surface area contributed by atoms with Crippen LogP contribution in [0.1, 0.15) is 24.1 Å². The van der Waals surface area contributed by atoms with E-state index in [4.69, 9.17) is 15.2 Å². The topological polar surface area (TPSA) is 117 Å². The van der Waals surface area contributed by atoms with E-state index in [-0.39, 0.29) is 30.3 Å². The average molecular weight is 387 g/mol. The van der Waals surface area contributed by atoms with Gasteiger partial charge in [-0.05, 0) is 18.1 Å². The van der Waals surface area contributed by atoms with Crippen LogP contribution >= 0.6 is 0 Å². The van der Waals surface area contributed by atoms with Gasteiger partial charge in [-0.2, -0.15) is 0 Å². The van der Waals surface area contributed by atoms with Gasteiger partial charge in [0.25, 0.3) is 5.69 Å². The molecule has 150 valence electrons. The Morgan fingerprint density at radius 3 is 2.36 bits per heavy atom. The van der Waals surface area contributed by atoms with Gasteiger partial charge >= 0.3 is 0 Å². The smallest absolute Gasteiger partial charge is 0.276 e. The molecule has 1 amide bonds. The number of nitrogens with zero attached hydrogens (tertiary/aromatic N) is 1. The van der Waals surface area contributed by atoms with Crippen molar-refractivity contribution in [3.8, 4) is 11.5 Å². The van der Waals surface area contributed by atoms with Crippen LogP contribution in [0.2, 0.25) is 0 Å². The Morgan fingerprint density at radius 2 is 1.79 bits per heavy atom. The molecular formula is C20H25N3O5. The summed E-state index contributed by atoms with van der Waals surface area (Å²) >= 11 is 0. The first-order chi connectivity index (χ1) is 13.4. The Kier molecular flexibility index (Phi) is 7.34.